The maximum Gasteiger partial charge on any atom is 0.410 e. The number of carbonyl (C=O) groups is 1. The highest BCUT2D eigenvalue weighted by Crippen LogP contribution is 2.32. The van der Waals surface area contributed by atoms with Crippen molar-refractivity contribution in [2.24, 2.45) is 0 Å². The largest absolute Gasteiger partial charge is 0.490 e. The molecule has 0 spiro atoms. The van der Waals surface area contributed by atoms with Gasteiger partial charge in [-0.1, -0.05) is 24.3 Å². The SMILES string of the molecule is Cc1nccc2c(C)c(-c3ccc(OC4CCN(C(=O)OC(C)(C)C)CC4)cc3)ccc12. The van der Waals surface area contributed by atoms with E-state index in [4.69, 9.17) is 9.47 Å². The zero-order valence-corrected chi connectivity index (χ0v) is 19.6. The lowest BCUT2D eigenvalue weighted by Gasteiger charge is -2.33. The van der Waals surface area contributed by atoms with Crippen LogP contribution in [0, 0.1) is 13.8 Å². The zero-order valence-electron chi connectivity index (χ0n) is 19.6. The van der Waals surface area contributed by atoms with Gasteiger partial charge in [-0.15, -0.1) is 0 Å². The number of rotatable bonds is 3. The number of hydrogen-bond acceptors (Lipinski definition) is 4. The molecule has 1 saturated heterocycles. The van der Waals surface area contributed by atoms with E-state index in [1.54, 1.807) is 4.90 Å². The van der Waals surface area contributed by atoms with Crippen molar-refractivity contribution < 1.29 is 14.3 Å². The molecule has 0 unspecified atom stereocenters. The summed E-state index contributed by atoms with van der Waals surface area (Å²) in [6.45, 7) is 11.2. The van der Waals surface area contributed by atoms with Crippen molar-refractivity contribution in [1.29, 1.82) is 0 Å². The fourth-order valence-electron chi connectivity index (χ4n) is 4.25. The summed E-state index contributed by atoms with van der Waals surface area (Å²) in [7, 11) is 0. The summed E-state index contributed by atoms with van der Waals surface area (Å²) >= 11 is 0. The standard InChI is InChI=1S/C27H32N2O3/c1-18-23(10-11-25-19(2)28-15-12-24(18)25)20-6-8-21(9-7-20)31-22-13-16-29(17-14-22)26(30)32-27(3,4)5/h6-12,15,22H,13-14,16-17H2,1-5H3. The third-order valence-electron chi connectivity index (χ3n) is 5.98. The number of likely N-dealkylation sites (tertiary alicyclic amines) is 1. The maximum absolute atomic E-state index is 12.2. The van der Waals surface area contributed by atoms with Crippen molar-refractivity contribution >= 4 is 16.9 Å². The number of piperidine rings is 1. The van der Waals surface area contributed by atoms with Crippen molar-refractivity contribution in [3.63, 3.8) is 0 Å². The van der Waals surface area contributed by atoms with Gasteiger partial charge in [0.15, 0.2) is 0 Å². The number of amides is 1. The van der Waals surface area contributed by atoms with Crippen molar-refractivity contribution in [3.05, 3.63) is 59.9 Å². The maximum atomic E-state index is 12.2. The second kappa shape index (κ2) is 8.81. The fraction of sp³-hybridized carbons (Fsp3) is 0.407. The first-order chi connectivity index (χ1) is 15.2. The molecule has 0 bridgehead atoms. The molecule has 0 radical (unpaired) electrons. The first-order valence-electron chi connectivity index (χ1n) is 11.3. The van der Waals surface area contributed by atoms with E-state index in [-0.39, 0.29) is 12.2 Å². The van der Waals surface area contributed by atoms with Gasteiger partial charge in [-0.25, -0.2) is 4.79 Å². The molecule has 5 nitrogen and oxygen atoms in total. The van der Waals surface area contributed by atoms with Crippen molar-refractivity contribution in [2.75, 3.05) is 13.1 Å². The molecule has 2 aromatic carbocycles. The third-order valence-corrected chi connectivity index (χ3v) is 5.98. The number of carbonyl (C=O) groups excluding carboxylic acids is 1. The smallest absolute Gasteiger partial charge is 0.410 e. The summed E-state index contributed by atoms with van der Waals surface area (Å²) in [4.78, 5) is 18.4. The molecule has 1 fully saturated rings. The van der Waals surface area contributed by atoms with E-state index >= 15 is 0 Å². The molecule has 5 heteroatoms. The van der Waals surface area contributed by atoms with Gasteiger partial charge in [0, 0.05) is 43.2 Å². The van der Waals surface area contributed by atoms with E-state index in [0.29, 0.717) is 13.1 Å². The second-order valence-corrected chi connectivity index (χ2v) is 9.54. The molecule has 1 aliphatic heterocycles. The van der Waals surface area contributed by atoms with Gasteiger partial charge in [0.05, 0.1) is 0 Å². The van der Waals surface area contributed by atoms with Crippen LogP contribution in [0.25, 0.3) is 21.9 Å². The molecule has 0 saturated carbocycles. The number of fused-ring (bicyclic) bond motifs is 1. The summed E-state index contributed by atoms with van der Waals surface area (Å²) in [5.74, 6) is 0.864. The molecule has 1 amide bonds. The predicted molar refractivity (Wildman–Crippen MR) is 128 cm³/mol. The predicted octanol–water partition coefficient (Wildman–Crippen LogP) is 6.30. The number of ether oxygens (including phenoxy) is 2. The molecule has 3 aromatic rings. The van der Waals surface area contributed by atoms with Gasteiger partial charge < -0.3 is 14.4 Å². The molecule has 0 aliphatic carbocycles. The Morgan fingerprint density at radius 2 is 1.66 bits per heavy atom. The summed E-state index contributed by atoms with van der Waals surface area (Å²) in [6.07, 6.45) is 3.35. The summed E-state index contributed by atoms with van der Waals surface area (Å²) in [5, 5.41) is 2.44. The monoisotopic (exact) mass is 432 g/mol. The first kappa shape index (κ1) is 22.1. The van der Waals surface area contributed by atoms with Crippen LogP contribution in [0.3, 0.4) is 0 Å². The first-order valence-corrected chi connectivity index (χ1v) is 11.3. The van der Waals surface area contributed by atoms with E-state index in [9.17, 15) is 4.79 Å². The number of pyridine rings is 1. The number of aromatic nitrogens is 1. The lowest BCUT2D eigenvalue weighted by molar-refractivity contribution is 0.0126. The van der Waals surface area contributed by atoms with Crippen molar-refractivity contribution in [3.8, 4) is 16.9 Å². The van der Waals surface area contributed by atoms with Gasteiger partial charge in [0.25, 0.3) is 0 Å². The Hall–Kier alpha value is -3.08. The number of nitrogens with zero attached hydrogens (tertiary/aromatic N) is 2. The summed E-state index contributed by atoms with van der Waals surface area (Å²) in [5.41, 5.74) is 4.24. The van der Waals surface area contributed by atoms with Crippen LogP contribution in [-0.4, -0.2) is 40.8 Å². The quantitative estimate of drug-likeness (QED) is 0.487. The minimum atomic E-state index is -0.467. The molecule has 32 heavy (non-hydrogen) atoms. The minimum absolute atomic E-state index is 0.109. The Balaban J connectivity index is 1.40. The van der Waals surface area contributed by atoms with E-state index < -0.39 is 5.60 Å². The lowest BCUT2D eigenvalue weighted by atomic mass is 9.95. The zero-order chi connectivity index (χ0) is 22.9. The van der Waals surface area contributed by atoms with Crippen molar-refractivity contribution in [2.45, 2.75) is 59.2 Å². The Bertz CT molecular complexity index is 1110. The molecular formula is C27H32N2O3. The van der Waals surface area contributed by atoms with Crippen LogP contribution in [0.2, 0.25) is 0 Å². The molecule has 4 rings (SSSR count). The van der Waals surface area contributed by atoms with Crippen LogP contribution < -0.4 is 4.74 Å². The average Bonchev–Trinajstić information content (AvgIpc) is 2.75. The molecule has 1 aromatic heterocycles. The normalized spacial score (nSPS) is 15.1. The van der Waals surface area contributed by atoms with Crippen molar-refractivity contribution in [1.82, 2.24) is 9.88 Å². The van der Waals surface area contributed by atoms with Crippen LogP contribution in [-0.2, 0) is 4.74 Å². The lowest BCUT2D eigenvalue weighted by Crippen LogP contribution is -2.44. The minimum Gasteiger partial charge on any atom is -0.490 e. The Labute approximate surface area is 190 Å². The highest BCUT2D eigenvalue weighted by molar-refractivity contribution is 5.92. The van der Waals surface area contributed by atoms with Gasteiger partial charge in [-0.2, -0.15) is 0 Å². The molecule has 1 aliphatic rings. The molecular weight excluding hydrogens is 400 g/mol. The van der Waals surface area contributed by atoms with Gasteiger partial charge >= 0.3 is 6.09 Å². The fourth-order valence-corrected chi connectivity index (χ4v) is 4.25. The van der Waals surface area contributed by atoms with Crippen LogP contribution >= 0.6 is 0 Å². The summed E-state index contributed by atoms with van der Waals surface area (Å²) in [6, 6.07) is 14.7. The molecule has 168 valence electrons. The van der Waals surface area contributed by atoms with E-state index in [0.717, 1.165) is 24.3 Å². The van der Waals surface area contributed by atoms with Crippen LogP contribution in [0.5, 0.6) is 5.75 Å². The van der Waals surface area contributed by atoms with Gasteiger partial charge in [-0.3, -0.25) is 4.98 Å². The van der Waals surface area contributed by atoms with Gasteiger partial charge in [-0.05, 0) is 74.9 Å². The second-order valence-electron chi connectivity index (χ2n) is 9.54. The molecule has 2 heterocycles. The summed E-state index contributed by atoms with van der Waals surface area (Å²) < 4.78 is 11.7. The van der Waals surface area contributed by atoms with Gasteiger partial charge in [0.1, 0.15) is 17.5 Å². The molecule has 0 N–H and O–H groups in total. The number of benzene rings is 2. The third kappa shape index (κ3) is 4.87. The van der Waals surface area contributed by atoms with Crippen LogP contribution in [0.1, 0.15) is 44.9 Å². The Morgan fingerprint density at radius 1 is 0.969 bits per heavy atom. The Morgan fingerprint density at radius 3 is 2.31 bits per heavy atom. The number of hydrogen-bond donors (Lipinski definition) is 0. The van der Waals surface area contributed by atoms with E-state index in [1.807, 2.05) is 46.0 Å². The number of aryl methyl sites for hydroxylation is 2. The topological polar surface area (TPSA) is 51.7 Å². The highest BCUT2D eigenvalue weighted by atomic mass is 16.6. The van der Waals surface area contributed by atoms with E-state index in [2.05, 4.69) is 42.2 Å². The van der Waals surface area contributed by atoms with Crippen LogP contribution in [0.15, 0.2) is 48.7 Å². The molecule has 0 atom stereocenters. The highest BCUT2D eigenvalue weighted by Gasteiger charge is 2.27. The van der Waals surface area contributed by atoms with E-state index in [1.165, 1.54) is 27.5 Å². The van der Waals surface area contributed by atoms with Gasteiger partial charge in [0.2, 0.25) is 0 Å². The van der Waals surface area contributed by atoms with Crippen LogP contribution in [0.4, 0.5) is 4.79 Å². The Kier molecular flexibility index (Phi) is 6.09. The average molecular weight is 433 g/mol.